The lowest BCUT2D eigenvalue weighted by Crippen LogP contribution is -2.23. The van der Waals surface area contributed by atoms with Gasteiger partial charge in [0.25, 0.3) is 0 Å². The monoisotopic (exact) mass is 131 g/mol. The first-order valence-electron chi connectivity index (χ1n) is 2.08. The maximum atomic E-state index is 10.1. The first-order chi connectivity index (χ1) is 3.50. The summed E-state index contributed by atoms with van der Waals surface area (Å²) in [5, 5.41) is 0. The fourth-order valence-corrected chi connectivity index (χ4v) is 0.144. The molecule has 0 aromatic rings. The van der Waals surface area contributed by atoms with Crippen molar-refractivity contribution in [3.05, 3.63) is 0 Å². The average Bonchev–Trinajstić information content (AvgIpc) is 1.67. The van der Waals surface area contributed by atoms with Gasteiger partial charge in [-0.1, -0.05) is 5.92 Å². The summed E-state index contributed by atoms with van der Waals surface area (Å²) in [6.45, 7) is 2.94. The van der Waals surface area contributed by atoms with Crippen LogP contribution in [-0.4, -0.2) is 13.5 Å². The summed E-state index contributed by atoms with van der Waals surface area (Å²) in [6.07, 6.45) is 4.86. The van der Waals surface area contributed by atoms with Crippen LogP contribution in [0.3, 0.4) is 0 Å². The highest BCUT2D eigenvalue weighted by atomic mass is 32.2. The molecule has 0 aliphatic carbocycles. The van der Waals surface area contributed by atoms with Gasteiger partial charge in [-0.05, 0) is 24.9 Å². The van der Waals surface area contributed by atoms with Crippen molar-refractivity contribution in [3.8, 4) is 12.3 Å². The zero-order valence-electron chi connectivity index (χ0n) is 4.80. The lowest BCUT2D eigenvalue weighted by Gasteiger charge is -2.19. The van der Waals surface area contributed by atoms with E-state index in [1.54, 1.807) is 0 Å². The molecule has 8 heavy (non-hydrogen) atoms. The summed E-state index contributed by atoms with van der Waals surface area (Å²) in [7, 11) is 0. The van der Waals surface area contributed by atoms with Gasteiger partial charge in [0.1, 0.15) is 0 Å². The maximum absolute atomic E-state index is 10.1. The highest BCUT2D eigenvalue weighted by Gasteiger charge is 2.12. The Morgan fingerprint density at radius 3 is 2.12 bits per heavy atom. The molecular weight excluding hydrogens is 124 g/mol. The molecule has 0 heterocycles. The van der Waals surface area contributed by atoms with Crippen molar-refractivity contribution in [1.29, 1.82) is 0 Å². The highest BCUT2D eigenvalue weighted by Crippen LogP contribution is 2.06. The second-order valence-corrected chi connectivity index (χ2v) is 3.38. The third-order valence-electron chi connectivity index (χ3n) is 0.764. The van der Waals surface area contributed by atoms with Gasteiger partial charge >= 0.3 is 0 Å². The molecule has 2 nitrogen and oxygen atoms in total. The molecule has 0 N–H and O–H groups in total. The number of hydrogen-bond acceptors (Lipinski definition) is 2. The van der Waals surface area contributed by atoms with Crippen LogP contribution in [0, 0.1) is 12.3 Å². The molecule has 3 heteroatoms. The smallest absolute Gasteiger partial charge is 0.0872 e. The Morgan fingerprint density at radius 2 is 2.12 bits per heavy atom. The van der Waals surface area contributed by atoms with E-state index >= 15 is 0 Å². The Balaban J connectivity index is 4.19. The predicted octanol–water partition coefficient (Wildman–Crippen LogP) is 0.277. The number of hydrogen-bond donors (Lipinski definition) is 0. The molecule has 0 aromatic carbocycles. The first-order valence-corrected chi connectivity index (χ1v) is 3.15. The van der Waals surface area contributed by atoms with Crippen molar-refractivity contribution >= 4 is 11.1 Å². The van der Waals surface area contributed by atoms with Gasteiger partial charge in [-0.2, -0.15) is 0 Å². The second-order valence-electron chi connectivity index (χ2n) is 1.89. The molecule has 0 aliphatic heterocycles. The Labute approximate surface area is 51.6 Å². The minimum absolute atomic E-state index is 1.01. The van der Waals surface area contributed by atoms with E-state index in [9.17, 15) is 8.76 Å². The fraction of sp³-hybridized carbons (Fsp3) is 0.600. The van der Waals surface area contributed by atoms with E-state index in [1.807, 2.05) is 0 Å². The predicted molar refractivity (Wildman–Crippen MR) is 31.8 cm³/mol. The topological polar surface area (TPSA) is 40.1 Å². The van der Waals surface area contributed by atoms with E-state index in [4.69, 9.17) is 6.42 Å². The SMILES string of the molecule is C#CC(C)(C)S(=O)[O-]. The summed E-state index contributed by atoms with van der Waals surface area (Å²) in [5.74, 6) is 2.13. The van der Waals surface area contributed by atoms with Gasteiger partial charge in [-0.15, -0.1) is 6.42 Å². The van der Waals surface area contributed by atoms with Crippen LogP contribution in [0.1, 0.15) is 13.8 Å². The van der Waals surface area contributed by atoms with Gasteiger partial charge < -0.3 is 4.55 Å². The normalized spacial score (nSPS) is 14.8. The standard InChI is InChI=1S/C5H8O2S/c1-4-5(2,3)8(6)7/h1H,2-3H3,(H,6,7)/p-1. The molecule has 0 spiro atoms. The van der Waals surface area contributed by atoms with Gasteiger partial charge in [0.2, 0.25) is 0 Å². The van der Waals surface area contributed by atoms with Crippen molar-refractivity contribution in [2.75, 3.05) is 0 Å². The van der Waals surface area contributed by atoms with E-state index in [1.165, 1.54) is 13.8 Å². The van der Waals surface area contributed by atoms with Crippen LogP contribution in [0.5, 0.6) is 0 Å². The van der Waals surface area contributed by atoms with Gasteiger partial charge in [0.15, 0.2) is 0 Å². The molecule has 0 bridgehead atoms. The van der Waals surface area contributed by atoms with Gasteiger partial charge in [0.05, 0.1) is 4.75 Å². The summed E-state index contributed by atoms with van der Waals surface area (Å²) >= 11 is -2.16. The lowest BCUT2D eigenvalue weighted by atomic mass is 10.2. The zero-order chi connectivity index (χ0) is 6.78. The Morgan fingerprint density at radius 1 is 1.75 bits per heavy atom. The summed E-state index contributed by atoms with van der Waals surface area (Å²) in [6, 6.07) is 0. The van der Waals surface area contributed by atoms with Crippen LogP contribution in [0.15, 0.2) is 0 Å². The van der Waals surface area contributed by atoms with Gasteiger partial charge in [0, 0.05) is 0 Å². The van der Waals surface area contributed by atoms with Crippen molar-refractivity contribution in [2.24, 2.45) is 0 Å². The molecule has 46 valence electrons. The third-order valence-corrected chi connectivity index (χ3v) is 1.72. The lowest BCUT2D eigenvalue weighted by molar-refractivity contribution is 0.517. The molecule has 0 saturated heterocycles. The van der Waals surface area contributed by atoms with Crippen LogP contribution >= 0.6 is 0 Å². The summed E-state index contributed by atoms with van der Waals surface area (Å²) in [5.41, 5.74) is 0. The zero-order valence-corrected chi connectivity index (χ0v) is 5.62. The van der Waals surface area contributed by atoms with E-state index in [-0.39, 0.29) is 0 Å². The van der Waals surface area contributed by atoms with Gasteiger partial charge in [-0.25, -0.2) is 0 Å². The average molecular weight is 131 g/mol. The molecule has 0 fully saturated rings. The van der Waals surface area contributed by atoms with E-state index in [2.05, 4.69) is 5.92 Å². The maximum Gasteiger partial charge on any atom is 0.0872 e. The fourth-order valence-electron chi connectivity index (χ4n) is 0.0481. The van der Waals surface area contributed by atoms with E-state index in [0.717, 1.165) is 0 Å². The molecule has 0 aliphatic rings. The van der Waals surface area contributed by atoms with Crippen LogP contribution in [-0.2, 0) is 11.1 Å². The van der Waals surface area contributed by atoms with E-state index < -0.39 is 15.8 Å². The minimum atomic E-state index is -2.16. The molecule has 0 aromatic heterocycles. The van der Waals surface area contributed by atoms with Crippen molar-refractivity contribution < 1.29 is 8.76 Å². The summed E-state index contributed by atoms with van der Waals surface area (Å²) in [4.78, 5) is 0. The number of terminal acetylenes is 1. The second kappa shape index (κ2) is 2.29. The largest absolute Gasteiger partial charge is 0.771 e. The van der Waals surface area contributed by atoms with Crippen LogP contribution < -0.4 is 0 Å². The Bertz CT molecular complexity index is 143. The molecule has 0 amide bonds. The summed E-state index contributed by atoms with van der Waals surface area (Å²) < 4.78 is 19.2. The highest BCUT2D eigenvalue weighted by molar-refractivity contribution is 7.80. The van der Waals surface area contributed by atoms with Crippen LogP contribution in [0.4, 0.5) is 0 Å². The van der Waals surface area contributed by atoms with Crippen molar-refractivity contribution in [3.63, 3.8) is 0 Å². The Kier molecular flexibility index (Phi) is 2.20. The molecular formula is C5H7O2S-. The van der Waals surface area contributed by atoms with Crippen molar-refractivity contribution in [1.82, 2.24) is 0 Å². The van der Waals surface area contributed by atoms with Crippen LogP contribution in [0.25, 0.3) is 0 Å². The molecule has 1 atom stereocenters. The Hall–Kier alpha value is -0.330. The first kappa shape index (κ1) is 7.67. The number of rotatable bonds is 1. The van der Waals surface area contributed by atoms with Gasteiger partial charge in [-0.3, -0.25) is 4.21 Å². The molecule has 1 unspecified atom stereocenters. The molecule has 0 radical (unpaired) electrons. The minimum Gasteiger partial charge on any atom is -0.771 e. The van der Waals surface area contributed by atoms with Crippen LogP contribution in [0.2, 0.25) is 0 Å². The third kappa shape index (κ3) is 1.65. The molecule has 0 rings (SSSR count). The van der Waals surface area contributed by atoms with Crippen molar-refractivity contribution in [2.45, 2.75) is 18.6 Å². The van der Waals surface area contributed by atoms with E-state index in [0.29, 0.717) is 0 Å². The quantitative estimate of drug-likeness (QED) is 0.378. The molecule has 0 saturated carbocycles.